The van der Waals surface area contributed by atoms with Crippen molar-refractivity contribution in [3.05, 3.63) is 47.5 Å². The molecule has 1 aliphatic heterocycles. The summed E-state index contributed by atoms with van der Waals surface area (Å²) in [7, 11) is 0. The molecule has 7 heteroatoms. The average molecular weight is 313 g/mol. The van der Waals surface area contributed by atoms with Gasteiger partial charge >= 0.3 is 12.1 Å². The Balaban J connectivity index is 2.10. The molecular weight excluding hydrogens is 299 g/mol. The first-order chi connectivity index (χ1) is 10.3. The molecule has 0 aliphatic carbocycles. The molecule has 0 spiro atoms. The van der Waals surface area contributed by atoms with Crippen molar-refractivity contribution in [2.24, 2.45) is 0 Å². The third-order valence-electron chi connectivity index (χ3n) is 3.32. The molecular formula is C15H14F3NO3. The van der Waals surface area contributed by atoms with Crippen molar-refractivity contribution in [3.8, 4) is 0 Å². The van der Waals surface area contributed by atoms with E-state index in [4.69, 9.17) is 4.74 Å². The lowest BCUT2D eigenvalue weighted by atomic mass is 9.95. The van der Waals surface area contributed by atoms with Crippen molar-refractivity contribution in [3.63, 3.8) is 0 Å². The summed E-state index contributed by atoms with van der Waals surface area (Å²) in [5.41, 5.74) is -0.147. The molecule has 0 aromatic heterocycles. The van der Waals surface area contributed by atoms with Crippen molar-refractivity contribution in [2.45, 2.75) is 25.7 Å². The van der Waals surface area contributed by atoms with Crippen LogP contribution in [0.3, 0.4) is 0 Å². The molecule has 1 aromatic carbocycles. The molecule has 1 amide bonds. The number of halogens is 3. The van der Waals surface area contributed by atoms with Crippen LogP contribution >= 0.6 is 0 Å². The summed E-state index contributed by atoms with van der Waals surface area (Å²) in [6.07, 6.45) is -4.41. The Hall–Kier alpha value is -2.31. The molecule has 0 N–H and O–H groups in total. The number of β-lactam (4-membered cyclic amide) rings is 1. The van der Waals surface area contributed by atoms with Gasteiger partial charge in [0.15, 0.2) is 6.04 Å². The van der Waals surface area contributed by atoms with E-state index in [1.54, 1.807) is 6.92 Å². The standard InChI is InChI=1S/C15H14F3NO3/c1-3-22-14(21)12-9(2)13(20)19(12)8-10-4-6-11(7-5-10)15(16,17)18/h4-7,12H,2-3,8H2,1H3. The highest BCUT2D eigenvalue weighted by Gasteiger charge is 2.46. The Morgan fingerprint density at radius 3 is 2.41 bits per heavy atom. The van der Waals surface area contributed by atoms with Gasteiger partial charge in [-0.25, -0.2) is 4.79 Å². The monoisotopic (exact) mass is 313 g/mol. The van der Waals surface area contributed by atoms with Gasteiger partial charge in [0, 0.05) is 12.1 Å². The van der Waals surface area contributed by atoms with Crippen LogP contribution in [0.15, 0.2) is 36.4 Å². The summed E-state index contributed by atoms with van der Waals surface area (Å²) in [5, 5.41) is 0. The van der Waals surface area contributed by atoms with Crippen LogP contribution in [0, 0.1) is 0 Å². The number of rotatable bonds is 4. The van der Waals surface area contributed by atoms with E-state index in [2.05, 4.69) is 6.58 Å². The lowest BCUT2D eigenvalue weighted by molar-refractivity contribution is -0.159. The highest BCUT2D eigenvalue weighted by atomic mass is 19.4. The van der Waals surface area contributed by atoms with Gasteiger partial charge in [-0.15, -0.1) is 0 Å². The van der Waals surface area contributed by atoms with E-state index in [0.717, 1.165) is 12.1 Å². The summed E-state index contributed by atoms with van der Waals surface area (Å²) in [6.45, 7) is 5.36. The Bertz CT molecular complexity index is 607. The molecule has 1 saturated heterocycles. The molecule has 1 aliphatic rings. The number of likely N-dealkylation sites (tertiary alicyclic amines) is 1. The number of ether oxygens (including phenoxy) is 1. The Morgan fingerprint density at radius 1 is 1.32 bits per heavy atom. The van der Waals surface area contributed by atoms with E-state index in [0.29, 0.717) is 5.56 Å². The van der Waals surface area contributed by atoms with Gasteiger partial charge in [-0.3, -0.25) is 4.79 Å². The Kier molecular flexibility index (Phi) is 4.25. The van der Waals surface area contributed by atoms with Crippen molar-refractivity contribution in [1.29, 1.82) is 0 Å². The van der Waals surface area contributed by atoms with Crippen LogP contribution in [-0.4, -0.2) is 29.4 Å². The van der Waals surface area contributed by atoms with Gasteiger partial charge in [0.1, 0.15) is 0 Å². The van der Waals surface area contributed by atoms with E-state index in [-0.39, 0.29) is 18.7 Å². The maximum absolute atomic E-state index is 12.5. The molecule has 22 heavy (non-hydrogen) atoms. The summed E-state index contributed by atoms with van der Waals surface area (Å²) in [4.78, 5) is 24.7. The summed E-state index contributed by atoms with van der Waals surface area (Å²) in [6, 6.07) is 3.56. The molecule has 1 atom stereocenters. The molecule has 1 unspecified atom stereocenters. The molecule has 118 valence electrons. The fourth-order valence-electron chi connectivity index (χ4n) is 2.19. The number of carbonyl (C=O) groups is 2. The highest BCUT2D eigenvalue weighted by Crippen LogP contribution is 2.31. The second kappa shape index (κ2) is 5.82. The zero-order valence-electron chi connectivity index (χ0n) is 11.8. The minimum atomic E-state index is -4.41. The predicted molar refractivity (Wildman–Crippen MR) is 71.6 cm³/mol. The van der Waals surface area contributed by atoms with Gasteiger partial charge < -0.3 is 9.64 Å². The molecule has 4 nitrogen and oxygen atoms in total. The van der Waals surface area contributed by atoms with Crippen LogP contribution in [0.4, 0.5) is 13.2 Å². The van der Waals surface area contributed by atoms with Gasteiger partial charge in [-0.2, -0.15) is 13.2 Å². The minimum Gasteiger partial charge on any atom is -0.464 e. The van der Waals surface area contributed by atoms with Crippen molar-refractivity contribution in [1.82, 2.24) is 4.90 Å². The predicted octanol–water partition coefficient (Wildman–Crippen LogP) is 2.54. The maximum Gasteiger partial charge on any atom is 0.416 e. The van der Waals surface area contributed by atoms with Crippen LogP contribution in [-0.2, 0) is 27.0 Å². The quantitative estimate of drug-likeness (QED) is 0.487. The number of hydrogen-bond donors (Lipinski definition) is 0. The highest BCUT2D eigenvalue weighted by molar-refractivity contribution is 6.09. The van der Waals surface area contributed by atoms with E-state index in [1.807, 2.05) is 0 Å². The Labute approximate surface area is 125 Å². The van der Waals surface area contributed by atoms with Gasteiger partial charge in [0.2, 0.25) is 0 Å². The third kappa shape index (κ3) is 2.98. The van der Waals surface area contributed by atoms with Crippen LogP contribution in [0.5, 0.6) is 0 Å². The van der Waals surface area contributed by atoms with E-state index in [9.17, 15) is 22.8 Å². The fourth-order valence-corrected chi connectivity index (χ4v) is 2.19. The van der Waals surface area contributed by atoms with Crippen molar-refractivity contribution < 1.29 is 27.5 Å². The topological polar surface area (TPSA) is 46.6 Å². The number of hydrogen-bond acceptors (Lipinski definition) is 3. The van der Waals surface area contributed by atoms with Crippen LogP contribution in [0.2, 0.25) is 0 Å². The van der Waals surface area contributed by atoms with Gasteiger partial charge in [0.05, 0.1) is 12.2 Å². The molecule has 0 radical (unpaired) electrons. The van der Waals surface area contributed by atoms with Gasteiger partial charge in [-0.05, 0) is 24.6 Å². The minimum absolute atomic E-state index is 0.0273. The first-order valence-electron chi connectivity index (χ1n) is 6.58. The molecule has 1 aromatic rings. The normalized spacial score (nSPS) is 18.2. The van der Waals surface area contributed by atoms with Crippen LogP contribution in [0.25, 0.3) is 0 Å². The molecule has 0 saturated carbocycles. The second-order valence-electron chi connectivity index (χ2n) is 4.81. The zero-order valence-corrected chi connectivity index (χ0v) is 11.8. The largest absolute Gasteiger partial charge is 0.464 e. The lowest BCUT2D eigenvalue weighted by Crippen LogP contribution is -2.58. The fraction of sp³-hybridized carbons (Fsp3) is 0.333. The van der Waals surface area contributed by atoms with Gasteiger partial charge in [0.25, 0.3) is 5.91 Å². The van der Waals surface area contributed by atoms with E-state index in [1.165, 1.54) is 17.0 Å². The molecule has 0 bridgehead atoms. The smallest absolute Gasteiger partial charge is 0.416 e. The maximum atomic E-state index is 12.5. The summed E-state index contributed by atoms with van der Waals surface area (Å²) in [5.74, 6) is -0.989. The first kappa shape index (κ1) is 16.1. The third-order valence-corrected chi connectivity index (χ3v) is 3.32. The summed E-state index contributed by atoms with van der Waals surface area (Å²) < 4.78 is 42.3. The molecule has 1 heterocycles. The number of benzene rings is 1. The number of esters is 1. The number of nitrogens with zero attached hydrogens (tertiary/aromatic N) is 1. The molecule has 1 fully saturated rings. The SMILES string of the molecule is C=C1C(=O)N(Cc2ccc(C(F)(F)F)cc2)C1C(=O)OCC. The van der Waals surface area contributed by atoms with Gasteiger partial charge in [-0.1, -0.05) is 18.7 Å². The van der Waals surface area contributed by atoms with E-state index >= 15 is 0 Å². The van der Waals surface area contributed by atoms with Crippen LogP contribution < -0.4 is 0 Å². The number of carbonyl (C=O) groups excluding carboxylic acids is 2. The summed E-state index contributed by atoms with van der Waals surface area (Å²) >= 11 is 0. The van der Waals surface area contributed by atoms with Crippen molar-refractivity contribution >= 4 is 11.9 Å². The zero-order chi connectivity index (χ0) is 16.5. The average Bonchev–Trinajstić information content (AvgIpc) is 2.46. The second-order valence-corrected chi connectivity index (χ2v) is 4.81. The van der Waals surface area contributed by atoms with E-state index < -0.39 is 29.7 Å². The van der Waals surface area contributed by atoms with Crippen LogP contribution in [0.1, 0.15) is 18.1 Å². The molecule has 2 rings (SSSR count). The lowest BCUT2D eigenvalue weighted by Gasteiger charge is -2.40. The number of alkyl halides is 3. The first-order valence-corrected chi connectivity index (χ1v) is 6.58. The Morgan fingerprint density at radius 2 is 1.91 bits per heavy atom. The number of amides is 1. The van der Waals surface area contributed by atoms with Crippen molar-refractivity contribution in [2.75, 3.05) is 6.61 Å².